The number of anilines is 1. The van der Waals surface area contributed by atoms with Crippen LogP contribution >= 0.6 is 0 Å². The number of piperazine rings is 1. The largest absolute Gasteiger partial charge is 0.481 e. The summed E-state index contributed by atoms with van der Waals surface area (Å²) < 4.78 is 18.9. The molecule has 1 aliphatic heterocycles. The van der Waals surface area contributed by atoms with Gasteiger partial charge in [0.15, 0.2) is 6.10 Å². The zero-order chi connectivity index (χ0) is 17.6. The highest BCUT2D eigenvalue weighted by Crippen LogP contribution is 2.19. The molecular weight excluding hydrogens is 319 g/mol. The molecule has 1 aliphatic rings. The van der Waals surface area contributed by atoms with Crippen LogP contribution in [0.5, 0.6) is 5.75 Å². The fourth-order valence-electron chi connectivity index (χ4n) is 3.01. The van der Waals surface area contributed by atoms with Gasteiger partial charge in [0.2, 0.25) is 0 Å². The molecule has 1 fully saturated rings. The maximum Gasteiger partial charge on any atom is 0.263 e. The third-order valence-electron chi connectivity index (χ3n) is 4.45. The molecule has 2 aromatic carbocycles. The number of hydrogen-bond donors (Lipinski definition) is 0. The average molecular weight is 342 g/mol. The average Bonchev–Trinajstić information content (AvgIpc) is 2.67. The van der Waals surface area contributed by atoms with E-state index in [4.69, 9.17) is 4.74 Å². The van der Waals surface area contributed by atoms with Crippen molar-refractivity contribution in [2.75, 3.05) is 31.1 Å². The van der Waals surface area contributed by atoms with Crippen molar-refractivity contribution in [1.29, 1.82) is 0 Å². The van der Waals surface area contributed by atoms with E-state index in [1.807, 2.05) is 42.2 Å². The van der Waals surface area contributed by atoms with Crippen molar-refractivity contribution in [3.05, 3.63) is 60.4 Å². The summed E-state index contributed by atoms with van der Waals surface area (Å²) in [6, 6.07) is 15.9. The molecule has 0 aromatic heterocycles. The highest BCUT2D eigenvalue weighted by molar-refractivity contribution is 5.81. The molecule has 2 aromatic rings. The fourth-order valence-corrected chi connectivity index (χ4v) is 3.01. The normalized spacial score (nSPS) is 15.8. The van der Waals surface area contributed by atoms with Crippen LogP contribution in [0.1, 0.15) is 13.3 Å². The Kier molecular flexibility index (Phi) is 5.53. The molecule has 1 saturated heterocycles. The van der Waals surface area contributed by atoms with Crippen molar-refractivity contribution in [2.24, 2.45) is 0 Å². The van der Waals surface area contributed by atoms with Crippen LogP contribution in [0.15, 0.2) is 54.6 Å². The second kappa shape index (κ2) is 8.01. The van der Waals surface area contributed by atoms with Crippen LogP contribution in [-0.4, -0.2) is 43.1 Å². The minimum absolute atomic E-state index is 0.0325. The van der Waals surface area contributed by atoms with Crippen molar-refractivity contribution in [3.63, 3.8) is 0 Å². The molecule has 1 amide bonds. The Balaban J connectivity index is 1.57. The Morgan fingerprint density at radius 2 is 1.68 bits per heavy atom. The van der Waals surface area contributed by atoms with Gasteiger partial charge in [-0.2, -0.15) is 0 Å². The van der Waals surface area contributed by atoms with Gasteiger partial charge in [0.1, 0.15) is 11.6 Å². The van der Waals surface area contributed by atoms with Gasteiger partial charge < -0.3 is 14.5 Å². The first-order chi connectivity index (χ1) is 12.2. The van der Waals surface area contributed by atoms with Gasteiger partial charge in [0.05, 0.1) is 0 Å². The van der Waals surface area contributed by atoms with E-state index in [9.17, 15) is 9.18 Å². The third kappa shape index (κ3) is 4.29. The molecule has 132 valence electrons. The van der Waals surface area contributed by atoms with E-state index in [0.717, 1.165) is 18.8 Å². The summed E-state index contributed by atoms with van der Waals surface area (Å²) >= 11 is 0. The number of benzene rings is 2. The fraction of sp³-hybridized carbons (Fsp3) is 0.350. The van der Waals surface area contributed by atoms with Crippen LogP contribution in [0, 0.1) is 5.82 Å². The second-order valence-corrected chi connectivity index (χ2v) is 6.12. The van der Waals surface area contributed by atoms with Crippen LogP contribution in [0.25, 0.3) is 0 Å². The van der Waals surface area contributed by atoms with E-state index in [1.165, 1.54) is 12.1 Å². The van der Waals surface area contributed by atoms with Gasteiger partial charge in [0, 0.05) is 31.9 Å². The lowest BCUT2D eigenvalue weighted by molar-refractivity contribution is -0.139. The van der Waals surface area contributed by atoms with Crippen molar-refractivity contribution < 1.29 is 13.9 Å². The number of rotatable bonds is 5. The smallest absolute Gasteiger partial charge is 0.263 e. The van der Waals surface area contributed by atoms with Crippen molar-refractivity contribution in [3.8, 4) is 5.75 Å². The van der Waals surface area contributed by atoms with Gasteiger partial charge in [-0.25, -0.2) is 4.39 Å². The number of carbonyl (C=O) groups excluding carboxylic acids is 1. The van der Waals surface area contributed by atoms with E-state index in [-0.39, 0.29) is 11.7 Å². The highest BCUT2D eigenvalue weighted by Gasteiger charge is 2.27. The van der Waals surface area contributed by atoms with Gasteiger partial charge >= 0.3 is 0 Å². The monoisotopic (exact) mass is 342 g/mol. The summed E-state index contributed by atoms with van der Waals surface area (Å²) in [5, 5.41) is 0. The minimum Gasteiger partial charge on any atom is -0.481 e. The topological polar surface area (TPSA) is 32.8 Å². The lowest BCUT2D eigenvalue weighted by Gasteiger charge is -2.37. The molecule has 4 nitrogen and oxygen atoms in total. The summed E-state index contributed by atoms with van der Waals surface area (Å²) in [4.78, 5) is 16.8. The maximum absolute atomic E-state index is 13.0. The standard InChI is InChI=1S/C20H23FN2O2/c1-2-19(25-18-6-4-3-5-7-18)20(24)23-14-12-22(13-15-23)17-10-8-16(21)9-11-17/h3-11,19H,2,12-15H2,1H3/t19-/m0/s1. The first-order valence-electron chi connectivity index (χ1n) is 8.68. The molecule has 3 rings (SSSR count). The molecule has 25 heavy (non-hydrogen) atoms. The summed E-state index contributed by atoms with van der Waals surface area (Å²) in [7, 11) is 0. The molecule has 0 radical (unpaired) electrons. The van der Waals surface area contributed by atoms with E-state index in [0.29, 0.717) is 25.3 Å². The Morgan fingerprint density at radius 3 is 2.28 bits per heavy atom. The Hall–Kier alpha value is -2.56. The maximum atomic E-state index is 13.0. The molecule has 1 heterocycles. The molecule has 5 heteroatoms. The Labute approximate surface area is 147 Å². The molecular formula is C20H23FN2O2. The molecule has 0 spiro atoms. The van der Waals surface area contributed by atoms with Crippen molar-refractivity contribution in [2.45, 2.75) is 19.4 Å². The molecule has 1 atom stereocenters. The number of hydrogen-bond acceptors (Lipinski definition) is 3. The van der Waals surface area contributed by atoms with Crippen LogP contribution in [0.4, 0.5) is 10.1 Å². The van der Waals surface area contributed by atoms with Crippen LogP contribution in [-0.2, 0) is 4.79 Å². The van der Waals surface area contributed by atoms with Crippen molar-refractivity contribution >= 4 is 11.6 Å². The predicted octanol–water partition coefficient (Wildman–Crippen LogP) is 3.33. The molecule has 0 aliphatic carbocycles. The van der Waals surface area contributed by atoms with Crippen LogP contribution in [0.2, 0.25) is 0 Å². The number of para-hydroxylation sites is 1. The first-order valence-corrected chi connectivity index (χ1v) is 8.68. The zero-order valence-electron chi connectivity index (χ0n) is 14.4. The first kappa shape index (κ1) is 17.3. The van der Waals surface area contributed by atoms with Gasteiger partial charge in [-0.05, 0) is 42.8 Å². The zero-order valence-corrected chi connectivity index (χ0v) is 14.4. The molecule has 0 bridgehead atoms. The molecule has 0 saturated carbocycles. The van der Waals surface area contributed by atoms with E-state index < -0.39 is 6.10 Å². The Morgan fingerprint density at radius 1 is 1.04 bits per heavy atom. The van der Waals surface area contributed by atoms with Gasteiger partial charge in [0.25, 0.3) is 5.91 Å². The summed E-state index contributed by atoms with van der Waals surface area (Å²) in [5.41, 5.74) is 0.987. The minimum atomic E-state index is -0.459. The summed E-state index contributed by atoms with van der Waals surface area (Å²) in [6.45, 7) is 4.72. The van der Waals surface area contributed by atoms with Crippen molar-refractivity contribution in [1.82, 2.24) is 4.90 Å². The van der Waals surface area contributed by atoms with E-state index >= 15 is 0 Å². The van der Waals surface area contributed by atoms with Crippen LogP contribution in [0.3, 0.4) is 0 Å². The van der Waals surface area contributed by atoms with Gasteiger partial charge in [-0.15, -0.1) is 0 Å². The summed E-state index contributed by atoms with van der Waals surface area (Å²) in [5.74, 6) is 0.513. The predicted molar refractivity (Wildman–Crippen MR) is 96.3 cm³/mol. The third-order valence-corrected chi connectivity index (χ3v) is 4.45. The van der Waals surface area contributed by atoms with E-state index in [1.54, 1.807) is 12.1 Å². The SMILES string of the molecule is CC[C@H](Oc1ccccc1)C(=O)N1CCN(c2ccc(F)cc2)CC1. The molecule has 0 unspecified atom stereocenters. The number of carbonyl (C=O) groups is 1. The molecule has 0 N–H and O–H groups in total. The van der Waals surface area contributed by atoms with Crippen LogP contribution < -0.4 is 9.64 Å². The number of nitrogens with zero attached hydrogens (tertiary/aromatic N) is 2. The number of halogens is 1. The van der Waals surface area contributed by atoms with Gasteiger partial charge in [-0.1, -0.05) is 25.1 Å². The lowest BCUT2D eigenvalue weighted by Crippen LogP contribution is -2.52. The summed E-state index contributed by atoms with van der Waals surface area (Å²) in [6.07, 6.45) is 0.172. The highest BCUT2D eigenvalue weighted by atomic mass is 19.1. The Bertz CT molecular complexity index is 683. The number of amides is 1. The number of ether oxygens (including phenoxy) is 1. The second-order valence-electron chi connectivity index (χ2n) is 6.12. The van der Waals surface area contributed by atoms with Gasteiger partial charge in [-0.3, -0.25) is 4.79 Å². The quantitative estimate of drug-likeness (QED) is 0.835. The lowest BCUT2D eigenvalue weighted by atomic mass is 10.2. The van der Waals surface area contributed by atoms with E-state index in [2.05, 4.69) is 4.90 Å².